The molecule has 0 radical (unpaired) electrons. The first kappa shape index (κ1) is 23.7. The highest BCUT2D eigenvalue weighted by atomic mass is 35.5. The Morgan fingerprint density at radius 2 is 2.06 bits per heavy atom. The second kappa shape index (κ2) is 10.2. The molecular weight excluding hydrogens is 486 g/mol. The minimum Gasteiger partial charge on any atom is -0.367 e. The Hall–Kier alpha value is -2.44. The molecule has 2 unspecified atom stereocenters. The number of carbonyl (C=O) groups excluding carboxylic acids is 1. The summed E-state index contributed by atoms with van der Waals surface area (Å²) in [5, 5.41) is 10.7. The summed E-state index contributed by atoms with van der Waals surface area (Å²) in [5.74, 6) is 0.357. The second-order valence-electron chi connectivity index (χ2n) is 7.92. The summed E-state index contributed by atoms with van der Waals surface area (Å²) in [7, 11) is -3.95. The van der Waals surface area contributed by atoms with Crippen LogP contribution in [0.4, 0.5) is 5.82 Å². The van der Waals surface area contributed by atoms with Gasteiger partial charge in [-0.05, 0) is 60.2 Å². The molecule has 4 rings (SSSR count). The summed E-state index contributed by atoms with van der Waals surface area (Å²) in [6.07, 6.45) is 9.12. The molecule has 1 aliphatic rings. The predicted octanol–water partition coefficient (Wildman–Crippen LogP) is 3.21. The number of ketones is 1. The predicted molar refractivity (Wildman–Crippen MR) is 126 cm³/mol. The smallest absolute Gasteiger partial charge is 0.333 e. The highest BCUT2D eigenvalue weighted by Gasteiger charge is 2.28. The van der Waals surface area contributed by atoms with Gasteiger partial charge in [0.2, 0.25) is 5.78 Å². The molecule has 1 saturated carbocycles. The van der Waals surface area contributed by atoms with Gasteiger partial charge in [0.05, 0.1) is 22.1 Å². The lowest BCUT2D eigenvalue weighted by atomic mass is 10.1. The van der Waals surface area contributed by atoms with Gasteiger partial charge in [-0.15, -0.1) is 11.3 Å². The zero-order valence-corrected chi connectivity index (χ0v) is 19.9. The average Bonchev–Trinajstić information content (AvgIpc) is 3.41. The molecule has 12 heteroatoms. The van der Waals surface area contributed by atoms with Gasteiger partial charge in [-0.2, -0.15) is 8.42 Å². The van der Waals surface area contributed by atoms with Gasteiger partial charge < -0.3 is 5.32 Å². The zero-order valence-electron chi connectivity index (χ0n) is 17.5. The molecule has 174 valence electrons. The van der Waals surface area contributed by atoms with E-state index in [1.54, 1.807) is 12.4 Å². The highest BCUT2D eigenvalue weighted by Crippen LogP contribution is 2.30. The molecule has 1 aliphatic carbocycles. The Balaban J connectivity index is 1.42. The van der Waals surface area contributed by atoms with E-state index in [-0.39, 0.29) is 24.3 Å². The van der Waals surface area contributed by atoms with Crippen molar-refractivity contribution in [3.05, 3.63) is 69.0 Å². The molecule has 1 fully saturated rings. The van der Waals surface area contributed by atoms with Crippen LogP contribution in [-0.4, -0.2) is 41.8 Å². The van der Waals surface area contributed by atoms with Crippen LogP contribution in [0.25, 0.3) is 0 Å². The molecule has 2 atom stereocenters. The summed E-state index contributed by atoms with van der Waals surface area (Å²) in [5.41, 5.74) is 2.35. The Labute approximate surface area is 200 Å². The Bertz CT molecular complexity index is 1250. The molecule has 0 amide bonds. The minimum absolute atomic E-state index is 0.0368. The number of pyridine rings is 1. The van der Waals surface area contributed by atoms with Crippen molar-refractivity contribution < 1.29 is 17.4 Å². The molecule has 0 bridgehead atoms. The topological polar surface area (TPSA) is 137 Å². The van der Waals surface area contributed by atoms with Gasteiger partial charge in [0.1, 0.15) is 12.1 Å². The number of carbonyl (C=O) groups is 1. The number of nitrogens with zero attached hydrogens (tertiary/aromatic N) is 3. The van der Waals surface area contributed by atoms with Crippen LogP contribution in [0.1, 0.15) is 45.6 Å². The fourth-order valence-electron chi connectivity index (χ4n) is 3.86. The molecule has 0 aliphatic heterocycles. The molecule has 0 saturated heterocycles. The Morgan fingerprint density at radius 3 is 2.85 bits per heavy atom. The van der Waals surface area contributed by atoms with Gasteiger partial charge in [-0.25, -0.2) is 15.1 Å². The second-order valence-corrected chi connectivity index (χ2v) is 10.5. The summed E-state index contributed by atoms with van der Waals surface area (Å²) >= 11 is 7.37. The molecule has 33 heavy (non-hydrogen) atoms. The molecule has 0 aromatic carbocycles. The number of hydrogen-bond donors (Lipinski definition) is 2. The summed E-state index contributed by atoms with van der Waals surface area (Å²) in [4.78, 5) is 26.2. The van der Waals surface area contributed by atoms with Gasteiger partial charge >= 0.3 is 10.3 Å². The molecule has 9 nitrogen and oxygen atoms in total. The molecule has 3 aromatic heterocycles. The van der Waals surface area contributed by atoms with E-state index in [1.165, 1.54) is 23.9 Å². The van der Waals surface area contributed by atoms with E-state index in [4.69, 9.17) is 20.9 Å². The first-order valence-corrected chi connectivity index (χ1v) is 12.9. The van der Waals surface area contributed by atoms with Gasteiger partial charge in [0, 0.05) is 24.6 Å². The van der Waals surface area contributed by atoms with Gasteiger partial charge in [0.15, 0.2) is 0 Å². The molecule has 3 N–H and O–H groups in total. The third kappa shape index (κ3) is 6.55. The zero-order chi connectivity index (χ0) is 23.4. The van der Waals surface area contributed by atoms with Crippen molar-refractivity contribution in [2.75, 3.05) is 11.9 Å². The Morgan fingerprint density at radius 1 is 1.21 bits per heavy atom. The monoisotopic (exact) mass is 507 g/mol. The standard InChI is InChI=1S/C21H22ClN5O4S2/c22-16-4-14(7-24-8-16)3-15-6-19(32-11-15)20(28)18-9-25-12-26-21(18)27-17-2-1-13(5-17)10-31-33(23,29)30/h4,6-9,11-13,17H,1-3,5,10H2,(H2,23,29,30)(H,25,26,27). The third-order valence-corrected chi connectivity index (χ3v) is 7.00. The number of hydrogen-bond acceptors (Lipinski definition) is 9. The normalized spacial score (nSPS) is 18.4. The molecule has 0 spiro atoms. The molecular formula is C21H22ClN5O4S2. The number of nitrogens with one attached hydrogen (secondary N) is 1. The number of nitrogens with two attached hydrogens (primary N) is 1. The maximum absolute atomic E-state index is 13.2. The van der Waals surface area contributed by atoms with Crippen molar-refractivity contribution >= 4 is 44.8 Å². The van der Waals surface area contributed by atoms with Crippen LogP contribution in [-0.2, 0) is 20.9 Å². The van der Waals surface area contributed by atoms with Crippen LogP contribution in [0.3, 0.4) is 0 Å². The van der Waals surface area contributed by atoms with Crippen molar-refractivity contribution in [3.8, 4) is 0 Å². The van der Waals surface area contributed by atoms with Crippen LogP contribution in [0.15, 0.2) is 42.4 Å². The maximum Gasteiger partial charge on any atom is 0.333 e. The number of rotatable bonds is 9. The molecule has 3 aromatic rings. The van der Waals surface area contributed by atoms with Crippen molar-refractivity contribution in [1.29, 1.82) is 0 Å². The quantitative estimate of drug-likeness (QED) is 0.421. The Kier molecular flexibility index (Phi) is 7.35. The van der Waals surface area contributed by atoms with Crippen molar-refractivity contribution in [2.24, 2.45) is 11.1 Å². The minimum atomic E-state index is -3.95. The first-order valence-electron chi connectivity index (χ1n) is 10.2. The maximum atomic E-state index is 13.2. The van der Waals surface area contributed by atoms with Gasteiger partial charge in [-0.3, -0.25) is 14.0 Å². The van der Waals surface area contributed by atoms with Crippen LogP contribution >= 0.6 is 22.9 Å². The van der Waals surface area contributed by atoms with E-state index < -0.39 is 10.3 Å². The lowest BCUT2D eigenvalue weighted by molar-refractivity contribution is 0.104. The third-order valence-electron chi connectivity index (χ3n) is 5.35. The van der Waals surface area contributed by atoms with E-state index in [9.17, 15) is 13.2 Å². The van der Waals surface area contributed by atoms with Crippen molar-refractivity contribution in [1.82, 2.24) is 15.0 Å². The first-order chi connectivity index (χ1) is 15.8. The largest absolute Gasteiger partial charge is 0.367 e. The number of halogens is 1. The fourth-order valence-corrected chi connectivity index (χ4v) is 5.31. The van der Waals surface area contributed by atoms with E-state index >= 15 is 0 Å². The van der Waals surface area contributed by atoms with E-state index in [0.29, 0.717) is 34.1 Å². The van der Waals surface area contributed by atoms with E-state index in [0.717, 1.165) is 24.0 Å². The van der Waals surface area contributed by atoms with Crippen molar-refractivity contribution in [2.45, 2.75) is 31.7 Å². The number of aromatic nitrogens is 3. The van der Waals surface area contributed by atoms with Crippen LogP contribution in [0.2, 0.25) is 5.02 Å². The fraction of sp³-hybridized carbons (Fsp3) is 0.333. The van der Waals surface area contributed by atoms with Crippen LogP contribution < -0.4 is 10.5 Å². The van der Waals surface area contributed by atoms with Crippen molar-refractivity contribution in [3.63, 3.8) is 0 Å². The summed E-state index contributed by atoms with van der Waals surface area (Å²) < 4.78 is 26.7. The number of anilines is 1. The average molecular weight is 508 g/mol. The van der Waals surface area contributed by atoms with E-state index in [2.05, 4.69) is 20.3 Å². The van der Waals surface area contributed by atoms with Gasteiger partial charge in [0.25, 0.3) is 0 Å². The SMILES string of the molecule is NS(=O)(=O)OCC1CCC(Nc2ncncc2C(=O)c2cc(Cc3cncc(Cl)c3)cs2)C1. The summed E-state index contributed by atoms with van der Waals surface area (Å²) in [6.45, 7) is 0.0483. The summed E-state index contributed by atoms with van der Waals surface area (Å²) in [6, 6.07) is 3.75. The van der Waals surface area contributed by atoms with Crippen LogP contribution in [0, 0.1) is 5.92 Å². The molecule has 3 heterocycles. The highest BCUT2D eigenvalue weighted by molar-refractivity contribution is 7.84. The number of thiophene rings is 1. The lowest BCUT2D eigenvalue weighted by Crippen LogP contribution is -2.22. The van der Waals surface area contributed by atoms with Crippen LogP contribution in [0.5, 0.6) is 0 Å². The van der Waals surface area contributed by atoms with Gasteiger partial charge in [-0.1, -0.05) is 11.6 Å². The van der Waals surface area contributed by atoms with E-state index in [1.807, 2.05) is 17.5 Å². The lowest BCUT2D eigenvalue weighted by Gasteiger charge is -2.15.